The summed E-state index contributed by atoms with van der Waals surface area (Å²) in [6.07, 6.45) is 2.53. The van der Waals surface area contributed by atoms with Gasteiger partial charge >= 0.3 is 0 Å². The molecule has 0 aromatic carbocycles. The van der Waals surface area contributed by atoms with Crippen LogP contribution >= 0.6 is 11.3 Å². The maximum atomic E-state index is 12.9. The molecule has 2 aliphatic heterocycles. The average Bonchev–Trinajstić information content (AvgIpc) is 3.03. The van der Waals surface area contributed by atoms with Gasteiger partial charge in [-0.3, -0.25) is 14.4 Å². The molecule has 136 valence electrons. The van der Waals surface area contributed by atoms with E-state index in [1.165, 1.54) is 4.88 Å². The molecule has 3 amide bonds. The molecule has 0 bridgehead atoms. The summed E-state index contributed by atoms with van der Waals surface area (Å²) in [7, 11) is 3.50. The van der Waals surface area contributed by atoms with E-state index < -0.39 is 0 Å². The summed E-state index contributed by atoms with van der Waals surface area (Å²) in [5, 5.41) is 0. The lowest BCUT2D eigenvalue weighted by Crippen LogP contribution is -2.47. The lowest BCUT2D eigenvalue weighted by atomic mass is 9.95. The molecule has 0 N–H and O–H groups in total. The van der Waals surface area contributed by atoms with Gasteiger partial charge in [-0.2, -0.15) is 0 Å². The lowest BCUT2D eigenvalue weighted by Gasteiger charge is -2.35. The molecule has 1 fully saturated rings. The highest BCUT2D eigenvalue weighted by Crippen LogP contribution is 2.30. The standard InChI is InChI=1S/C18H25N3O3S/c1-12(22)20-7-4-5-13(10-20)17(23)21-8-6-15-14(11-21)9-16(25-15)18(24)19(2)3/h9,13H,4-8,10-11H2,1-3H3/t13-/m0/s1. The Morgan fingerprint density at radius 3 is 2.64 bits per heavy atom. The van der Waals surface area contributed by atoms with Crippen molar-refractivity contribution in [3.05, 3.63) is 21.4 Å². The summed E-state index contributed by atoms with van der Waals surface area (Å²) >= 11 is 1.54. The Kier molecular flexibility index (Phi) is 5.13. The van der Waals surface area contributed by atoms with Gasteiger partial charge in [-0.15, -0.1) is 11.3 Å². The van der Waals surface area contributed by atoms with Gasteiger partial charge in [0.25, 0.3) is 5.91 Å². The summed E-state index contributed by atoms with van der Waals surface area (Å²) in [5.41, 5.74) is 1.09. The van der Waals surface area contributed by atoms with Gasteiger partial charge in [-0.25, -0.2) is 0 Å². The number of fused-ring (bicyclic) bond motifs is 1. The first-order valence-electron chi connectivity index (χ1n) is 8.74. The van der Waals surface area contributed by atoms with Crippen molar-refractivity contribution in [3.63, 3.8) is 0 Å². The van der Waals surface area contributed by atoms with Crippen LogP contribution in [0.3, 0.4) is 0 Å². The van der Waals surface area contributed by atoms with E-state index in [1.54, 1.807) is 42.2 Å². The molecular formula is C18H25N3O3S. The monoisotopic (exact) mass is 363 g/mol. The molecule has 7 heteroatoms. The van der Waals surface area contributed by atoms with Crippen LogP contribution in [0, 0.1) is 5.92 Å². The van der Waals surface area contributed by atoms with Crippen LogP contribution in [-0.2, 0) is 22.6 Å². The molecule has 0 spiro atoms. The number of carbonyl (C=O) groups is 3. The fourth-order valence-electron chi connectivity index (χ4n) is 3.57. The SMILES string of the molecule is CC(=O)N1CCC[C@H](C(=O)N2CCc3sc(C(=O)N(C)C)cc3C2)C1. The Labute approximate surface area is 152 Å². The van der Waals surface area contributed by atoms with Crippen LogP contribution in [0.2, 0.25) is 0 Å². The van der Waals surface area contributed by atoms with E-state index in [2.05, 4.69) is 0 Å². The van der Waals surface area contributed by atoms with Gasteiger partial charge in [-0.1, -0.05) is 0 Å². The minimum Gasteiger partial charge on any atom is -0.344 e. The number of hydrogen-bond acceptors (Lipinski definition) is 4. The van der Waals surface area contributed by atoms with Crippen LogP contribution in [0.5, 0.6) is 0 Å². The molecule has 1 aromatic heterocycles. The maximum Gasteiger partial charge on any atom is 0.263 e. The summed E-state index contributed by atoms with van der Waals surface area (Å²) in [6.45, 7) is 4.12. The highest BCUT2D eigenvalue weighted by molar-refractivity contribution is 7.14. The molecule has 2 aliphatic rings. The highest BCUT2D eigenvalue weighted by atomic mass is 32.1. The topological polar surface area (TPSA) is 60.9 Å². The van der Waals surface area contributed by atoms with E-state index in [9.17, 15) is 14.4 Å². The molecule has 1 atom stereocenters. The molecular weight excluding hydrogens is 338 g/mol. The minimum atomic E-state index is -0.0966. The van der Waals surface area contributed by atoms with E-state index in [0.29, 0.717) is 19.6 Å². The third-order valence-electron chi connectivity index (χ3n) is 5.01. The van der Waals surface area contributed by atoms with Gasteiger partial charge in [-0.05, 0) is 30.9 Å². The summed E-state index contributed by atoms with van der Waals surface area (Å²) in [4.78, 5) is 43.8. The minimum absolute atomic E-state index is 0.0154. The summed E-state index contributed by atoms with van der Waals surface area (Å²) in [6, 6.07) is 1.94. The van der Waals surface area contributed by atoms with Gasteiger partial charge in [0, 0.05) is 52.1 Å². The number of likely N-dealkylation sites (tertiary alicyclic amines) is 1. The molecule has 25 heavy (non-hydrogen) atoms. The Morgan fingerprint density at radius 1 is 1.20 bits per heavy atom. The van der Waals surface area contributed by atoms with E-state index in [0.717, 1.165) is 36.2 Å². The van der Waals surface area contributed by atoms with Crippen molar-refractivity contribution in [2.75, 3.05) is 33.7 Å². The predicted octanol–water partition coefficient (Wildman–Crippen LogP) is 1.59. The van der Waals surface area contributed by atoms with Crippen LogP contribution in [0.4, 0.5) is 0 Å². The van der Waals surface area contributed by atoms with Gasteiger partial charge in [0.15, 0.2) is 0 Å². The first-order valence-corrected chi connectivity index (χ1v) is 9.56. The first kappa shape index (κ1) is 17.9. The number of nitrogens with zero attached hydrogens (tertiary/aromatic N) is 3. The zero-order valence-corrected chi connectivity index (χ0v) is 15.9. The van der Waals surface area contributed by atoms with E-state index in [1.807, 2.05) is 11.0 Å². The average molecular weight is 363 g/mol. The van der Waals surface area contributed by atoms with Crippen molar-refractivity contribution >= 4 is 29.1 Å². The fraction of sp³-hybridized carbons (Fsp3) is 0.611. The van der Waals surface area contributed by atoms with Crippen LogP contribution < -0.4 is 0 Å². The molecule has 0 radical (unpaired) electrons. The number of rotatable bonds is 2. The Morgan fingerprint density at radius 2 is 1.96 bits per heavy atom. The molecule has 3 rings (SSSR count). The summed E-state index contributed by atoms with van der Waals surface area (Å²) in [5.74, 6) is 0.105. The second-order valence-electron chi connectivity index (χ2n) is 7.07. The van der Waals surface area contributed by atoms with Crippen molar-refractivity contribution in [2.24, 2.45) is 5.92 Å². The van der Waals surface area contributed by atoms with Crippen LogP contribution in [-0.4, -0.2) is 66.2 Å². The molecule has 1 aromatic rings. The Hall–Kier alpha value is -1.89. The smallest absolute Gasteiger partial charge is 0.263 e. The zero-order valence-electron chi connectivity index (χ0n) is 15.1. The van der Waals surface area contributed by atoms with E-state index in [-0.39, 0.29) is 23.6 Å². The number of piperidine rings is 1. The third kappa shape index (κ3) is 3.71. The molecule has 0 aliphatic carbocycles. The first-order chi connectivity index (χ1) is 11.9. The summed E-state index contributed by atoms with van der Waals surface area (Å²) < 4.78 is 0. The molecule has 0 saturated carbocycles. The largest absolute Gasteiger partial charge is 0.344 e. The second kappa shape index (κ2) is 7.15. The Bertz CT molecular complexity index is 698. The third-order valence-corrected chi connectivity index (χ3v) is 6.24. The number of hydrogen-bond donors (Lipinski definition) is 0. The Balaban J connectivity index is 1.69. The van der Waals surface area contributed by atoms with Crippen LogP contribution in [0.15, 0.2) is 6.07 Å². The van der Waals surface area contributed by atoms with Crippen LogP contribution in [0.1, 0.15) is 39.9 Å². The van der Waals surface area contributed by atoms with Crippen molar-refractivity contribution in [1.82, 2.24) is 14.7 Å². The van der Waals surface area contributed by atoms with Gasteiger partial charge in [0.1, 0.15) is 0 Å². The van der Waals surface area contributed by atoms with Gasteiger partial charge < -0.3 is 14.7 Å². The zero-order chi connectivity index (χ0) is 18.1. The van der Waals surface area contributed by atoms with Crippen LogP contribution in [0.25, 0.3) is 0 Å². The predicted molar refractivity (Wildman–Crippen MR) is 96.4 cm³/mol. The number of thiophene rings is 1. The molecule has 0 unspecified atom stereocenters. The number of amides is 3. The maximum absolute atomic E-state index is 12.9. The van der Waals surface area contributed by atoms with Crippen molar-refractivity contribution < 1.29 is 14.4 Å². The quantitative estimate of drug-likeness (QED) is 0.802. The number of carbonyl (C=O) groups excluding carboxylic acids is 3. The second-order valence-corrected chi connectivity index (χ2v) is 8.21. The van der Waals surface area contributed by atoms with Crippen molar-refractivity contribution in [3.8, 4) is 0 Å². The lowest BCUT2D eigenvalue weighted by molar-refractivity contribution is -0.140. The van der Waals surface area contributed by atoms with Crippen molar-refractivity contribution in [1.29, 1.82) is 0 Å². The van der Waals surface area contributed by atoms with E-state index >= 15 is 0 Å². The molecule has 3 heterocycles. The molecule has 1 saturated heterocycles. The molecule has 6 nitrogen and oxygen atoms in total. The van der Waals surface area contributed by atoms with Crippen molar-refractivity contribution in [2.45, 2.75) is 32.7 Å². The highest BCUT2D eigenvalue weighted by Gasteiger charge is 2.32. The van der Waals surface area contributed by atoms with Gasteiger partial charge in [0.2, 0.25) is 11.8 Å². The normalized spacial score (nSPS) is 20.2. The van der Waals surface area contributed by atoms with E-state index in [4.69, 9.17) is 0 Å². The fourth-order valence-corrected chi connectivity index (χ4v) is 4.75. The van der Waals surface area contributed by atoms with Gasteiger partial charge in [0.05, 0.1) is 10.8 Å².